The summed E-state index contributed by atoms with van der Waals surface area (Å²) in [5.74, 6) is 0. The number of benzene rings is 1. The van der Waals surface area contributed by atoms with Crippen molar-refractivity contribution in [2.75, 3.05) is 13.1 Å². The van der Waals surface area contributed by atoms with Gasteiger partial charge in [0.25, 0.3) is 0 Å². The first-order chi connectivity index (χ1) is 10.7. The van der Waals surface area contributed by atoms with E-state index in [0.717, 1.165) is 32.2 Å². The molecule has 1 aliphatic heterocycles. The first-order valence-electron chi connectivity index (χ1n) is 8.19. The van der Waals surface area contributed by atoms with Gasteiger partial charge in [-0.2, -0.15) is 0 Å². The van der Waals surface area contributed by atoms with Gasteiger partial charge in [0.1, 0.15) is 0 Å². The maximum Gasteiger partial charge on any atom is 0.317 e. The Morgan fingerprint density at radius 1 is 1.27 bits per heavy atom. The number of nitrogens with two attached hydrogens (primary N) is 1. The Morgan fingerprint density at radius 2 is 2.09 bits per heavy atom. The monoisotopic (exact) mass is 303 g/mol. The fourth-order valence-electron chi connectivity index (χ4n) is 3.29. The topological polar surface area (TPSA) is 67.6 Å². The Labute approximate surface area is 131 Å². The van der Waals surface area contributed by atoms with E-state index in [0.29, 0.717) is 13.2 Å². The van der Waals surface area contributed by atoms with Gasteiger partial charge in [-0.25, -0.2) is 4.79 Å². The minimum absolute atomic E-state index is 0.00756. The molecule has 5 nitrogen and oxygen atoms in total. The van der Waals surface area contributed by atoms with E-state index in [1.165, 1.54) is 5.56 Å². The van der Waals surface area contributed by atoms with Crippen LogP contribution < -0.4 is 11.1 Å². The van der Waals surface area contributed by atoms with E-state index >= 15 is 0 Å². The zero-order chi connectivity index (χ0) is 15.4. The maximum atomic E-state index is 12.3. The molecule has 3 N–H and O–H groups in total. The van der Waals surface area contributed by atoms with Crippen molar-refractivity contribution < 1.29 is 9.53 Å². The number of ether oxygens (including phenoxy) is 1. The third kappa shape index (κ3) is 3.78. The summed E-state index contributed by atoms with van der Waals surface area (Å²) < 4.78 is 6.03. The van der Waals surface area contributed by atoms with Crippen LogP contribution in [0.1, 0.15) is 31.2 Å². The predicted molar refractivity (Wildman–Crippen MR) is 85.4 cm³/mol. The van der Waals surface area contributed by atoms with Crippen LogP contribution in [0.5, 0.6) is 0 Å². The van der Waals surface area contributed by atoms with Gasteiger partial charge < -0.3 is 20.7 Å². The molecule has 1 heterocycles. The quantitative estimate of drug-likeness (QED) is 0.892. The zero-order valence-corrected chi connectivity index (χ0v) is 12.9. The van der Waals surface area contributed by atoms with Crippen LogP contribution in [0, 0.1) is 0 Å². The third-order valence-electron chi connectivity index (χ3n) is 4.58. The molecule has 1 aliphatic carbocycles. The molecule has 120 valence electrons. The second-order valence-electron chi connectivity index (χ2n) is 6.32. The van der Waals surface area contributed by atoms with Crippen molar-refractivity contribution in [2.45, 2.75) is 50.5 Å². The van der Waals surface area contributed by atoms with Gasteiger partial charge >= 0.3 is 6.03 Å². The Balaban J connectivity index is 1.49. The van der Waals surface area contributed by atoms with Crippen molar-refractivity contribution in [1.29, 1.82) is 0 Å². The number of urea groups is 1. The number of rotatable bonds is 4. The van der Waals surface area contributed by atoms with Crippen LogP contribution in [0.15, 0.2) is 30.3 Å². The van der Waals surface area contributed by atoms with E-state index < -0.39 is 0 Å². The molecular weight excluding hydrogens is 278 g/mol. The van der Waals surface area contributed by atoms with Crippen molar-refractivity contribution in [3.8, 4) is 0 Å². The molecule has 0 unspecified atom stereocenters. The first-order valence-corrected chi connectivity index (χ1v) is 8.19. The molecule has 0 radical (unpaired) electrons. The highest BCUT2D eigenvalue weighted by molar-refractivity contribution is 5.75. The summed E-state index contributed by atoms with van der Waals surface area (Å²) >= 11 is 0. The Morgan fingerprint density at radius 3 is 2.82 bits per heavy atom. The summed E-state index contributed by atoms with van der Waals surface area (Å²) in [6.45, 7) is 2.02. The molecule has 1 saturated heterocycles. The Bertz CT molecular complexity index is 494. The van der Waals surface area contributed by atoms with Crippen molar-refractivity contribution in [2.24, 2.45) is 5.73 Å². The van der Waals surface area contributed by atoms with Gasteiger partial charge in [0.15, 0.2) is 0 Å². The Hall–Kier alpha value is -1.59. The molecule has 1 saturated carbocycles. The number of nitrogens with zero attached hydrogens (tertiary/aromatic N) is 1. The predicted octanol–water partition coefficient (Wildman–Crippen LogP) is 1.87. The third-order valence-corrected chi connectivity index (χ3v) is 4.58. The van der Waals surface area contributed by atoms with Gasteiger partial charge in [0, 0.05) is 19.1 Å². The average Bonchev–Trinajstić information content (AvgIpc) is 3.15. The van der Waals surface area contributed by atoms with Gasteiger partial charge in [-0.15, -0.1) is 0 Å². The largest absolute Gasteiger partial charge is 0.371 e. The van der Waals surface area contributed by atoms with Gasteiger partial charge in [0.2, 0.25) is 0 Å². The number of hydrogen-bond donors (Lipinski definition) is 2. The molecule has 0 aromatic heterocycles. The number of nitrogens with one attached hydrogen (secondary N) is 1. The van der Waals surface area contributed by atoms with Crippen LogP contribution in [0.25, 0.3) is 0 Å². The van der Waals surface area contributed by atoms with Gasteiger partial charge in [-0.05, 0) is 31.2 Å². The van der Waals surface area contributed by atoms with Crippen molar-refractivity contribution >= 4 is 6.03 Å². The summed E-state index contributed by atoms with van der Waals surface area (Å²) in [5.41, 5.74) is 7.04. The number of carbonyl (C=O) groups is 1. The highest BCUT2D eigenvalue weighted by Crippen LogP contribution is 2.24. The summed E-state index contributed by atoms with van der Waals surface area (Å²) in [6, 6.07) is 10.4. The highest BCUT2D eigenvalue weighted by Gasteiger charge is 2.32. The standard InChI is InChI=1S/C17H25N3O2/c18-14-9-10-20(11-14)17(21)19-15-7-4-8-16(15)22-12-13-5-2-1-3-6-13/h1-3,5-6,14-16H,4,7-12,18H2,(H,19,21)/t14-,15+,16+/m1/s1. The fraction of sp³-hybridized carbons (Fsp3) is 0.588. The minimum atomic E-state index is 0.00756. The lowest BCUT2D eigenvalue weighted by molar-refractivity contribution is 0.0291. The molecule has 3 rings (SSSR count). The maximum absolute atomic E-state index is 12.3. The first kappa shape index (κ1) is 15.3. The molecule has 2 amide bonds. The van der Waals surface area contributed by atoms with E-state index in [2.05, 4.69) is 17.4 Å². The fourth-order valence-corrected chi connectivity index (χ4v) is 3.29. The molecule has 0 bridgehead atoms. The van der Waals surface area contributed by atoms with Crippen LogP contribution in [-0.4, -0.2) is 42.2 Å². The summed E-state index contributed by atoms with van der Waals surface area (Å²) in [5, 5.41) is 3.13. The molecule has 1 aromatic rings. The molecule has 22 heavy (non-hydrogen) atoms. The summed E-state index contributed by atoms with van der Waals surface area (Å²) in [6.07, 6.45) is 4.11. The van der Waals surface area contributed by atoms with Crippen molar-refractivity contribution in [1.82, 2.24) is 10.2 Å². The molecule has 3 atom stereocenters. The van der Waals surface area contributed by atoms with Crippen LogP contribution in [-0.2, 0) is 11.3 Å². The van der Waals surface area contributed by atoms with Gasteiger partial charge in [-0.3, -0.25) is 0 Å². The molecule has 5 heteroatoms. The summed E-state index contributed by atoms with van der Waals surface area (Å²) in [4.78, 5) is 14.1. The molecule has 1 aromatic carbocycles. The molecule has 2 aliphatic rings. The number of carbonyl (C=O) groups excluding carboxylic acids is 1. The van der Waals surface area contributed by atoms with Crippen molar-refractivity contribution in [3.05, 3.63) is 35.9 Å². The lowest BCUT2D eigenvalue weighted by atomic mass is 10.2. The highest BCUT2D eigenvalue weighted by atomic mass is 16.5. The lowest BCUT2D eigenvalue weighted by Crippen LogP contribution is -2.47. The summed E-state index contributed by atoms with van der Waals surface area (Å²) in [7, 11) is 0. The van der Waals surface area contributed by atoms with Crippen LogP contribution in [0.4, 0.5) is 4.79 Å². The second-order valence-corrected chi connectivity index (χ2v) is 6.32. The van der Waals surface area contributed by atoms with Crippen LogP contribution in [0.3, 0.4) is 0 Å². The number of likely N-dealkylation sites (tertiary alicyclic amines) is 1. The van der Waals surface area contributed by atoms with E-state index in [9.17, 15) is 4.79 Å². The average molecular weight is 303 g/mol. The van der Waals surface area contributed by atoms with Crippen LogP contribution in [0.2, 0.25) is 0 Å². The van der Waals surface area contributed by atoms with E-state index in [-0.39, 0.29) is 24.2 Å². The van der Waals surface area contributed by atoms with Gasteiger partial charge in [-0.1, -0.05) is 30.3 Å². The van der Waals surface area contributed by atoms with E-state index in [1.54, 1.807) is 0 Å². The minimum Gasteiger partial charge on any atom is -0.371 e. The zero-order valence-electron chi connectivity index (χ0n) is 12.9. The second kappa shape index (κ2) is 7.11. The normalized spacial score (nSPS) is 28.0. The molecule has 0 spiro atoms. The number of hydrogen-bond acceptors (Lipinski definition) is 3. The SMILES string of the molecule is N[C@@H]1CCN(C(=O)N[C@H]2CCC[C@@H]2OCc2ccccc2)C1. The van der Waals surface area contributed by atoms with Crippen molar-refractivity contribution in [3.63, 3.8) is 0 Å². The van der Waals surface area contributed by atoms with Crippen LogP contribution >= 0.6 is 0 Å². The lowest BCUT2D eigenvalue weighted by Gasteiger charge is -2.25. The van der Waals surface area contributed by atoms with E-state index in [4.69, 9.17) is 10.5 Å². The van der Waals surface area contributed by atoms with E-state index in [1.807, 2.05) is 23.1 Å². The number of amides is 2. The molecule has 2 fully saturated rings. The molecular formula is C17H25N3O2. The van der Waals surface area contributed by atoms with Gasteiger partial charge in [0.05, 0.1) is 18.8 Å². The Kier molecular flexibility index (Phi) is 4.95. The smallest absolute Gasteiger partial charge is 0.317 e.